The number of aromatic nitrogens is 3. The van der Waals surface area contributed by atoms with E-state index in [1.807, 2.05) is 0 Å². The first-order valence-corrected chi connectivity index (χ1v) is 4.27. The number of nitrogens with zero attached hydrogens (tertiary/aromatic N) is 4. The highest BCUT2D eigenvalue weighted by atomic mass is 16.3. The second-order valence-electron chi connectivity index (χ2n) is 2.83. The quantitative estimate of drug-likeness (QED) is 0.429. The zero-order valence-electron chi connectivity index (χ0n) is 8.08. The molecule has 2 aromatic rings. The van der Waals surface area contributed by atoms with Crippen molar-refractivity contribution >= 4 is 12.2 Å². The molecule has 0 amide bonds. The summed E-state index contributed by atoms with van der Waals surface area (Å²) in [6.45, 7) is 1.74. The van der Waals surface area contributed by atoms with Crippen molar-refractivity contribution in [2.45, 2.75) is 6.92 Å². The van der Waals surface area contributed by atoms with Crippen LogP contribution in [0.1, 0.15) is 11.6 Å². The van der Waals surface area contributed by atoms with Crippen LogP contribution in [0.25, 0.3) is 0 Å². The van der Waals surface area contributed by atoms with Gasteiger partial charge in [-0.2, -0.15) is 5.10 Å². The van der Waals surface area contributed by atoms with Crippen LogP contribution in [0.5, 0.6) is 0 Å². The van der Waals surface area contributed by atoms with E-state index in [4.69, 9.17) is 10.3 Å². The number of anilines is 1. The van der Waals surface area contributed by atoms with Gasteiger partial charge in [0, 0.05) is 0 Å². The summed E-state index contributed by atoms with van der Waals surface area (Å²) in [7, 11) is 0. The molecule has 7 nitrogen and oxygen atoms in total. The highest BCUT2D eigenvalue weighted by Crippen LogP contribution is 2.01. The predicted octanol–water partition coefficient (Wildman–Crippen LogP) is 0.339. The SMILES string of the molecule is Cc1nnc(N/N=C\c2ccco2)n1N. The summed E-state index contributed by atoms with van der Waals surface area (Å²) in [5.41, 5.74) is 2.65. The molecule has 0 radical (unpaired) electrons. The van der Waals surface area contributed by atoms with Gasteiger partial charge in [0.05, 0.1) is 12.5 Å². The fraction of sp³-hybridized carbons (Fsp3) is 0.125. The maximum Gasteiger partial charge on any atom is 0.263 e. The van der Waals surface area contributed by atoms with Crippen LogP contribution in [0.3, 0.4) is 0 Å². The van der Waals surface area contributed by atoms with E-state index in [0.29, 0.717) is 17.5 Å². The summed E-state index contributed by atoms with van der Waals surface area (Å²) >= 11 is 0. The molecule has 0 atom stereocenters. The first kappa shape index (κ1) is 9.25. The van der Waals surface area contributed by atoms with E-state index < -0.39 is 0 Å². The van der Waals surface area contributed by atoms with Crippen molar-refractivity contribution in [3.8, 4) is 0 Å². The van der Waals surface area contributed by atoms with Crippen LogP contribution in [-0.2, 0) is 0 Å². The second kappa shape index (κ2) is 3.82. The molecule has 15 heavy (non-hydrogen) atoms. The molecule has 2 aromatic heterocycles. The Hall–Kier alpha value is -2.31. The largest absolute Gasteiger partial charge is 0.463 e. The summed E-state index contributed by atoms with van der Waals surface area (Å²) in [4.78, 5) is 0. The Bertz CT molecular complexity index is 457. The number of hydrogen-bond donors (Lipinski definition) is 2. The smallest absolute Gasteiger partial charge is 0.263 e. The van der Waals surface area contributed by atoms with E-state index >= 15 is 0 Å². The van der Waals surface area contributed by atoms with Gasteiger partial charge in [0.15, 0.2) is 5.82 Å². The van der Waals surface area contributed by atoms with Gasteiger partial charge < -0.3 is 10.3 Å². The number of hydrazone groups is 1. The molecule has 0 saturated heterocycles. The Labute approximate surface area is 85.6 Å². The topological polar surface area (TPSA) is 94.3 Å². The summed E-state index contributed by atoms with van der Waals surface area (Å²) in [6.07, 6.45) is 3.08. The third kappa shape index (κ3) is 1.96. The van der Waals surface area contributed by atoms with E-state index in [-0.39, 0.29) is 0 Å². The van der Waals surface area contributed by atoms with Crippen molar-refractivity contribution in [3.05, 3.63) is 30.0 Å². The van der Waals surface area contributed by atoms with Crippen LogP contribution in [0.4, 0.5) is 5.95 Å². The highest BCUT2D eigenvalue weighted by Gasteiger charge is 2.02. The van der Waals surface area contributed by atoms with Gasteiger partial charge in [-0.1, -0.05) is 0 Å². The van der Waals surface area contributed by atoms with Crippen molar-refractivity contribution < 1.29 is 4.42 Å². The maximum absolute atomic E-state index is 5.59. The third-order valence-electron chi connectivity index (χ3n) is 1.77. The van der Waals surface area contributed by atoms with Crippen LogP contribution in [0, 0.1) is 6.92 Å². The molecule has 0 aromatic carbocycles. The number of rotatable bonds is 3. The van der Waals surface area contributed by atoms with Gasteiger partial charge in [-0.3, -0.25) is 0 Å². The minimum absolute atomic E-state index is 0.371. The predicted molar refractivity (Wildman–Crippen MR) is 54.8 cm³/mol. The lowest BCUT2D eigenvalue weighted by Crippen LogP contribution is -2.13. The molecule has 0 unspecified atom stereocenters. The number of aryl methyl sites for hydroxylation is 1. The Morgan fingerprint density at radius 1 is 1.60 bits per heavy atom. The molecule has 0 spiro atoms. The lowest BCUT2D eigenvalue weighted by molar-refractivity contribution is 0.560. The monoisotopic (exact) mass is 206 g/mol. The Balaban J connectivity index is 2.02. The van der Waals surface area contributed by atoms with Crippen LogP contribution < -0.4 is 11.3 Å². The van der Waals surface area contributed by atoms with Gasteiger partial charge >= 0.3 is 0 Å². The van der Waals surface area contributed by atoms with E-state index in [9.17, 15) is 0 Å². The van der Waals surface area contributed by atoms with Gasteiger partial charge in [0.1, 0.15) is 5.76 Å². The van der Waals surface area contributed by atoms with E-state index in [1.165, 1.54) is 10.9 Å². The molecule has 0 aliphatic carbocycles. The standard InChI is InChI=1S/C8H10N6O/c1-6-11-13-8(14(6)9)12-10-5-7-3-2-4-15-7/h2-5H,9H2,1H3,(H,12,13)/b10-5-. The molecule has 2 rings (SSSR count). The normalized spacial score (nSPS) is 11.0. The van der Waals surface area contributed by atoms with Crippen molar-refractivity contribution in [1.29, 1.82) is 0 Å². The third-order valence-corrected chi connectivity index (χ3v) is 1.77. The van der Waals surface area contributed by atoms with E-state index in [1.54, 1.807) is 25.3 Å². The van der Waals surface area contributed by atoms with Crippen molar-refractivity contribution in [2.75, 3.05) is 11.3 Å². The average molecular weight is 206 g/mol. The summed E-state index contributed by atoms with van der Waals surface area (Å²) in [5, 5.41) is 11.4. The summed E-state index contributed by atoms with van der Waals surface area (Å²) in [6, 6.07) is 3.56. The van der Waals surface area contributed by atoms with Crippen LogP contribution in [0.2, 0.25) is 0 Å². The molecule has 0 saturated carbocycles. The lowest BCUT2D eigenvalue weighted by Gasteiger charge is -1.98. The van der Waals surface area contributed by atoms with Crippen molar-refractivity contribution in [2.24, 2.45) is 5.10 Å². The molecule has 0 aliphatic heterocycles. The summed E-state index contributed by atoms with van der Waals surface area (Å²) in [5.74, 6) is 7.21. The van der Waals surface area contributed by atoms with Gasteiger partial charge in [-0.15, -0.1) is 10.2 Å². The number of furan rings is 1. The molecule has 2 heterocycles. The van der Waals surface area contributed by atoms with Gasteiger partial charge in [-0.05, 0) is 19.1 Å². The van der Waals surface area contributed by atoms with Crippen molar-refractivity contribution in [3.63, 3.8) is 0 Å². The molecule has 7 heteroatoms. The zero-order chi connectivity index (χ0) is 10.7. The van der Waals surface area contributed by atoms with E-state index in [2.05, 4.69) is 20.7 Å². The minimum Gasteiger partial charge on any atom is -0.463 e. The molecule has 0 aliphatic rings. The fourth-order valence-corrected chi connectivity index (χ4v) is 0.964. The lowest BCUT2D eigenvalue weighted by atomic mass is 10.5. The Morgan fingerprint density at radius 3 is 3.07 bits per heavy atom. The Morgan fingerprint density at radius 2 is 2.47 bits per heavy atom. The second-order valence-corrected chi connectivity index (χ2v) is 2.83. The van der Waals surface area contributed by atoms with Crippen LogP contribution >= 0.6 is 0 Å². The van der Waals surface area contributed by atoms with Crippen LogP contribution in [-0.4, -0.2) is 21.1 Å². The van der Waals surface area contributed by atoms with E-state index in [0.717, 1.165) is 0 Å². The average Bonchev–Trinajstić information content (AvgIpc) is 2.83. The van der Waals surface area contributed by atoms with Crippen molar-refractivity contribution in [1.82, 2.24) is 14.9 Å². The maximum atomic E-state index is 5.59. The number of nitrogens with two attached hydrogens (primary N) is 1. The molecule has 78 valence electrons. The number of nitrogen functional groups attached to an aromatic ring is 1. The van der Waals surface area contributed by atoms with Gasteiger partial charge in [-0.25, -0.2) is 10.1 Å². The molecule has 0 bridgehead atoms. The minimum atomic E-state index is 0.371. The zero-order valence-corrected chi connectivity index (χ0v) is 8.08. The molecule has 0 fully saturated rings. The molecular weight excluding hydrogens is 196 g/mol. The van der Waals surface area contributed by atoms with Crippen LogP contribution in [0.15, 0.2) is 27.9 Å². The number of hydrogen-bond acceptors (Lipinski definition) is 6. The molecular formula is C8H10N6O. The summed E-state index contributed by atoms with van der Waals surface area (Å²) < 4.78 is 6.35. The highest BCUT2D eigenvalue weighted by molar-refractivity contribution is 5.76. The first-order chi connectivity index (χ1) is 7.27. The Kier molecular flexibility index (Phi) is 2.36. The molecule has 3 N–H and O–H groups in total. The van der Waals surface area contributed by atoms with Gasteiger partial charge in [0.2, 0.25) is 0 Å². The number of nitrogens with one attached hydrogen (secondary N) is 1. The fourth-order valence-electron chi connectivity index (χ4n) is 0.964. The van der Waals surface area contributed by atoms with Gasteiger partial charge in [0.25, 0.3) is 5.95 Å². The first-order valence-electron chi connectivity index (χ1n) is 4.27.